The predicted octanol–water partition coefficient (Wildman–Crippen LogP) is 3.59. The third-order valence-electron chi connectivity index (χ3n) is 1.82. The SMILES string of the molecule is CCC/C=C\Cc1ccccc1. The lowest BCUT2D eigenvalue weighted by molar-refractivity contribution is 0.953. The molecule has 0 radical (unpaired) electrons. The number of unbranched alkanes of at least 4 members (excludes halogenated alkanes) is 1. The number of hydrogen-bond donors (Lipinski definition) is 0. The van der Waals surface area contributed by atoms with Crippen molar-refractivity contribution < 1.29 is 0 Å². The molecule has 0 heterocycles. The second-order valence-corrected chi connectivity index (χ2v) is 2.95. The second kappa shape index (κ2) is 5.59. The Morgan fingerprint density at radius 2 is 1.83 bits per heavy atom. The van der Waals surface area contributed by atoms with Gasteiger partial charge in [0, 0.05) is 0 Å². The molecule has 0 nitrogen and oxygen atoms in total. The molecule has 0 bridgehead atoms. The molecule has 0 aliphatic carbocycles. The minimum atomic E-state index is 1.07. The van der Waals surface area contributed by atoms with E-state index in [0.29, 0.717) is 0 Å². The van der Waals surface area contributed by atoms with Crippen LogP contribution >= 0.6 is 0 Å². The molecule has 0 unspecified atom stereocenters. The summed E-state index contributed by atoms with van der Waals surface area (Å²) in [5, 5.41) is 0. The molecule has 1 rings (SSSR count). The van der Waals surface area contributed by atoms with Gasteiger partial charge in [0.25, 0.3) is 0 Å². The first-order valence-electron chi connectivity index (χ1n) is 4.62. The van der Waals surface area contributed by atoms with Crippen LogP contribution in [-0.4, -0.2) is 0 Å². The quantitative estimate of drug-likeness (QED) is 0.590. The summed E-state index contributed by atoms with van der Waals surface area (Å²) in [7, 11) is 0. The van der Waals surface area contributed by atoms with Gasteiger partial charge in [0.05, 0.1) is 0 Å². The summed E-state index contributed by atoms with van der Waals surface area (Å²) in [5.74, 6) is 0. The zero-order chi connectivity index (χ0) is 8.65. The Labute approximate surface area is 74.9 Å². The molecule has 1 aromatic carbocycles. The van der Waals surface area contributed by atoms with Crippen molar-refractivity contribution in [2.24, 2.45) is 0 Å². The highest BCUT2D eigenvalue weighted by Gasteiger charge is 1.84. The zero-order valence-corrected chi connectivity index (χ0v) is 7.66. The maximum Gasteiger partial charge on any atom is -0.00975 e. The maximum absolute atomic E-state index is 2.26. The van der Waals surface area contributed by atoms with Crippen LogP contribution in [0.15, 0.2) is 42.5 Å². The monoisotopic (exact) mass is 160 g/mol. The lowest BCUT2D eigenvalue weighted by Crippen LogP contribution is -1.77. The molecule has 1 aromatic rings. The van der Waals surface area contributed by atoms with Crippen LogP contribution in [0.5, 0.6) is 0 Å². The largest absolute Gasteiger partial charge is 0.0882 e. The fourth-order valence-electron chi connectivity index (χ4n) is 1.12. The third-order valence-corrected chi connectivity index (χ3v) is 1.82. The molecule has 0 aromatic heterocycles. The molecule has 0 amide bonds. The molecule has 0 atom stereocenters. The first kappa shape index (κ1) is 9.05. The number of benzene rings is 1. The van der Waals surface area contributed by atoms with Gasteiger partial charge in [-0.1, -0.05) is 55.8 Å². The van der Waals surface area contributed by atoms with Crippen molar-refractivity contribution in [2.45, 2.75) is 26.2 Å². The summed E-state index contributed by atoms with van der Waals surface area (Å²) < 4.78 is 0. The van der Waals surface area contributed by atoms with Gasteiger partial charge in [-0.2, -0.15) is 0 Å². The normalized spacial score (nSPS) is 10.8. The van der Waals surface area contributed by atoms with Crippen LogP contribution < -0.4 is 0 Å². The van der Waals surface area contributed by atoms with E-state index < -0.39 is 0 Å². The van der Waals surface area contributed by atoms with Gasteiger partial charge in [-0.25, -0.2) is 0 Å². The van der Waals surface area contributed by atoms with Crippen LogP contribution in [0.1, 0.15) is 25.3 Å². The smallest absolute Gasteiger partial charge is 0.00975 e. The van der Waals surface area contributed by atoms with Crippen LogP contribution in [-0.2, 0) is 6.42 Å². The Morgan fingerprint density at radius 3 is 2.50 bits per heavy atom. The number of rotatable bonds is 4. The highest BCUT2D eigenvalue weighted by Crippen LogP contribution is 2.00. The summed E-state index contributed by atoms with van der Waals surface area (Å²) in [6, 6.07) is 10.6. The van der Waals surface area contributed by atoms with Gasteiger partial charge >= 0.3 is 0 Å². The summed E-state index contributed by atoms with van der Waals surface area (Å²) in [5.41, 5.74) is 1.39. The molecular formula is C12H16. The van der Waals surface area contributed by atoms with Crippen LogP contribution in [0.2, 0.25) is 0 Å². The Hall–Kier alpha value is -1.04. The van der Waals surface area contributed by atoms with E-state index in [-0.39, 0.29) is 0 Å². The average molecular weight is 160 g/mol. The first-order chi connectivity index (χ1) is 5.93. The predicted molar refractivity (Wildman–Crippen MR) is 54.2 cm³/mol. The van der Waals surface area contributed by atoms with Gasteiger partial charge in [0.2, 0.25) is 0 Å². The van der Waals surface area contributed by atoms with Crippen LogP contribution in [0, 0.1) is 0 Å². The van der Waals surface area contributed by atoms with Gasteiger partial charge in [-0.15, -0.1) is 0 Å². The van der Waals surface area contributed by atoms with Crippen LogP contribution in [0.4, 0.5) is 0 Å². The van der Waals surface area contributed by atoms with E-state index in [1.165, 1.54) is 18.4 Å². The highest BCUT2D eigenvalue weighted by molar-refractivity contribution is 5.17. The minimum Gasteiger partial charge on any atom is -0.0882 e. The van der Waals surface area contributed by atoms with Gasteiger partial charge in [0.1, 0.15) is 0 Å². The standard InChI is InChI=1S/C12H16/c1-2-3-4-6-9-12-10-7-5-8-11-12/h4-8,10-11H,2-3,9H2,1H3/b6-4-. The van der Waals surface area contributed by atoms with Crippen molar-refractivity contribution >= 4 is 0 Å². The van der Waals surface area contributed by atoms with Crippen LogP contribution in [0.25, 0.3) is 0 Å². The Balaban J connectivity index is 2.33. The molecule has 0 N–H and O–H groups in total. The fraction of sp³-hybridized carbons (Fsp3) is 0.333. The summed E-state index contributed by atoms with van der Waals surface area (Å²) in [6.07, 6.45) is 8.02. The Morgan fingerprint density at radius 1 is 1.08 bits per heavy atom. The molecule has 0 aliphatic heterocycles. The van der Waals surface area contributed by atoms with Crippen molar-refractivity contribution in [3.63, 3.8) is 0 Å². The highest BCUT2D eigenvalue weighted by atomic mass is 13.9. The topological polar surface area (TPSA) is 0 Å². The lowest BCUT2D eigenvalue weighted by atomic mass is 10.1. The molecule has 64 valence electrons. The van der Waals surface area contributed by atoms with Gasteiger partial charge < -0.3 is 0 Å². The molecular weight excluding hydrogens is 144 g/mol. The first-order valence-corrected chi connectivity index (χ1v) is 4.62. The molecule has 12 heavy (non-hydrogen) atoms. The van der Waals surface area contributed by atoms with Crippen molar-refractivity contribution in [1.29, 1.82) is 0 Å². The summed E-state index contributed by atoms with van der Waals surface area (Å²) in [6.45, 7) is 2.20. The van der Waals surface area contributed by atoms with Gasteiger partial charge in [-0.3, -0.25) is 0 Å². The summed E-state index contributed by atoms with van der Waals surface area (Å²) in [4.78, 5) is 0. The van der Waals surface area contributed by atoms with Gasteiger partial charge in [0.15, 0.2) is 0 Å². The van der Waals surface area contributed by atoms with E-state index in [2.05, 4.69) is 49.4 Å². The molecule has 0 aliphatic rings. The van der Waals surface area contributed by atoms with E-state index in [0.717, 1.165) is 6.42 Å². The molecule has 0 saturated heterocycles. The summed E-state index contributed by atoms with van der Waals surface area (Å²) >= 11 is 0. The van der Waals surface area contributed by atoms with Crippen molar-refractivity contribution in [2.75, 3.05) is 0 Å². The van der Waals surface area contributed by atoms with E-state index in [9.17, 15) is 0 Å². The number of allylic oxidation sites excluding steroid dienone is 2. The lowest BCUT2D eigenvalue weighted by Gasteiger charge is -1.93. The molecule has 0 spiro atoms. The fourth-order valence-corrected chi connectivity index (χ4v) is 1.12. The van der Waals surface area contributed by atoms with E-state index in [1.54, 1.807) is 0 Å². The zero-order valence-electron chi connectivity index (χ0n) is 7.66. The second-order valence-electron chi connectivity index (χ2n) is 2.95. The Kier molecular flexibility index (Phi) is 4.22. The van der Waals surface area contributed by atoms with Crippen molar-refractivity contribution in [3.05, 3.63) is 48.0 Å². The van der Waals surface area contributed by atoms with E-state index in [1.807, 2.05) is 0 Å². The van der Waals surface area contributed by atoms with Crippen LogP contribution in [0.3, 0.4) is 0 Å². The van der Waals surface area contributed by atoms with E-state index >= 15 is 0 Å². The van der Waals surface area contributed by atoms with Crippen molar-refractivity contribution in [3.8, 4) is 0 Å². The molecule has 0 fully saturated rings. The van der Waals surface area contributed by atoms with Crippen molar-refractivity contribution in [1.82, 2.24) is 0 Å². The average Bonchev–Trinajstić information content (AvgIpc) is 2.14. The van der Waals surface area contributed by atoms with Gasteiger partial charge in [-0.05, 0) is 18.4 Å². The molecule has 0 saturated carbocycles. The third kappa shape index (κ3) is 3.38. The Bertz CT molecular complexity index is 221. The maximum atomic E-state index is 2.26. The number of hydrogen-bond acceptors (Lipinski definition) is 0. The minimum absolute atomic E-state index is 1.07. The van der Waals surface area contributed by atoms with E-state index in [4.69, 9.17) is 0 Å². The molecule has 0 heteroatoms.